The van der Waals surface area contributed by atoms with Crippen molar-refractivity contribution in [2.24, 2.45) is 0 Å². The number of nitrogens with zero attached hydrogens (tertiary/aromatic N) is 1. The predicted molar refractivity (Wildman–Crippen MR) is 141 cm³/mol. The van der Waals surface area contributed by atoms with Crippen LogP contribution >= 0.6 is 11.8 Å². The van der Waals surface area contributed by atoms with Gasteiger partial charge in [0.15, 0.2) is 0 Å². The number of carbonyl (C=O) groups excluding carboxylic acids is 2. The Bertz CT molecular complexity index is 1130. The number of halogens is 2. The minimum absolute atomic E-state index is 0.0198. The molecule has 0 saturated carbocycles. The van der Waals surface area contributed by atoms with Gasteiger partial charge in [-0.25, -0.2) is 8.78 Å². The summed E-state index contributed by atoms with van der Waals surface area (Å²) >= 11 is 1.38. The van der Waals surface area contributed by atoms with E-state index in [4.69, 9.17) is 0 Å². The third-order valence-electron chi connectivity index (χ3n) is 5.98. The van der Waals surface area contributed by atoms with E-state index in [9.17, 15) is 18.4 Å². The number of carbonyl (C=O) groups is 2. The maximum Gasteiger partial charge on any atom is 0.243 e. The molecule has 0 unspecified atom stereocenters. The first-order chi connectivity index (χ1) is 17.4. The summed E-state index contributed by atoms with van der Waals surface area (Å²) in [6, 6.07) is 21.1. The second-order valence-corrected chi connectivity index (χ2v) is 9.74. The maximum absolute atomic E-state index is 14.6. The Morgan fingerprint density at radius 1 is 0.917 bits per heavy atom. The monoisotopic (exact) mass is 510 g/mol. The van der Waals surface area contributed by atoms with Gasteiger partial charge in [-0.2, -0.15) is 0 Å². The van der Waals surface area contributed by atoms with Crippen molar-refractivity contribution >= 4 is 23.6 Å². The first kappa shape index (κ1) is 27.4. The van der Waals surface area contributed by atoms with E-state index in [-0.39, 0.29) is 36.0 Å². The van der Waals surface area contributed by atoms with Crippen molar-refractivity contribution in [3.63, 3.8) is 0 Å². The van der Waals surface area contributed by atoms with Crippen LogP contribution in [0.2, 0.25) is 0 Å². The number of rotatable bonds is 12. The fourth-order valence-electron chi connectivity index (χ4n) is 3.72. The molecule has 1 N–H and O–H groups in total. The quantitative estimate of drug-likeness (QED) is 0.337. The van der Waals surface area contributed by atoms with Gasteiger partial charge in [0.2, 0.25) is 11.8 Å². The molecule has 0 radical (unpaired) electrons. The van der Waals surface area contributed by atoms with Gasteiger partial charge in [0.1, 0.15) is 17.7 Å². The zero-order valence-electron chi connectivity index (χ0n) is 20.6. The van der Waals surface area contributed by atoms with E-state index in [1.807, 2.05) is 44.2 Å². The van der Waals surface area contributed by atoms with Crippen LogP contribution in [0.4, 0.5) is 8.78 Å². The molecule has 4 nitrogen and oxygen atoms in total. The van der Waals surface area contributed by atoms with Gasteiger partial charge >= 0.3 is 0 Å². The lowest BCUT2D eigenvalue weighted by Crippen LogP contribution is -2.52. The number of hydrogen-bond donors (Lipinski definition) is 1. The Kier molecular flexibility index (Phi) is 10.5. The minimum atomic E-state index is -0.806. The lowest BCUT2D eigenvalue weighted by Gasteiger charge is -2.32. The van der Waals surface area contributed by atoms with E-state index in [0.717, 1.165) is 17.5 Å². The summed E-state index contributed by atoms with van der Waals surface area (Å²) in [5, 5.41) is 3.00. The molecular formula is C29H32F2N2O2S. The third-order valence-corrected chi connectivity index (χ3v) is 6.97. The van der Waals surface area contributed by atoms with Crippen LogP contribution in [0.15, 0.2) is 78.9 Å². The van der Waals surface area contributed by atoms with Gasteiger partial charge in [0.25, 0.3) is 0 Å². The van der Waals surface area contributed by atoms with Crippen molar-refractivity contribution in [3.8, 4) is 0 Å². The van der Waals surface area contributed by atoms with Crippen LogP contribution in [-0.2, 0) is 28.3 Å². The van der Waals surface area contributed by atoms with Crippen LogP contribution in [0.1, 0.15) is 37.0 Å². The average molecular weight is 511 g/mol. The number of amides is 2. The summed E-state index contributed by atoms with van der Waals surface area (Å²) in [6.07, 6.45) is 1.06. The van der Waals surface area contributed by atoms with Gasteiger partial charge in [-0.1, -0.05) is 67.6 Å². The van der Waals surface area contributed by atoms with Crippen LogP contribution in [0, 0.1) is 11.6 Å². The highest BCUT2D eigenvalue weighted by Gasteiger charge is 2.31. The fraction of sp³-hybridized carbons (Fsp3) is 0.310. The van der Waals surface area contributed by atoms with Crippen molar-refractivity contribution in [2.75, 3.05) is 5.75 Å². The molecule has 3 aromatic carbocycles. The molecular weight excluding hydrogens is 478 g/mol. The summed E-state index contributed by atoms with van der Waals surface area (Å²) in [4.78, 5) is 28.4. The van der Waals surface area contributed by atoms with Crippen LogP contribution < -0.4 is 5.32 Å². The van der Waals surface area contributed by atoms with Crippen LogP contribution in [0.25, 0.3) is 0 Å². The molecule has 2 amide bonds. The molecule has 190 valence electrons. The summed E-state index contributed by atoms with van der Waals surface area (Å²) in [5.41, 5.74) is 2.15. The Balaban J connectivity index is 1.86. The lowest BCUT2D eigenvalue weighted by atomic mass is 10.0. The molecule has 3 rings (SSSR count). The van der Waals surface area contributed by atoms with Gasteiger partial charge in [-0.05, 0) is 42.7 Å². The minimum Gasteiger partial charge on any atom is -0.352 e. The molecule has 0 heterocycles. The number of hydrogen-bond acceptors (Lipinski definition) is 3. The van der Waals surface area contributed by atoms with Crippen LogP contribution in [0.3, 0.4) is 0 Å². The molecule has 0 saturated heterocycles. The second kappa shape index (κ2) is 13.8. The van der Waals surface area contributed by atoms with Crippen molar-refractivity contribution in [3.05, 3.63) is 107 Å². The van der Waals surface area contributed by atoms with Crippen molar-refractivity contribution in [2.45, 2.75) is 51.1 Å². The van der Waals surface area contributed by atoms with Gasteiger partial charge in [-0.15, -0.1) is 11.8 Å². The second-order valence-electron chi connectivity index (χ2n) is 8.76. The van der Waals surface area contributed by atoms with Crippen LogP contribution in [0.5, 0.6) is 0 Å². The Morgan fingerprint density at radius 3 is 2.25 bits per heavy atom. The molecule has 0 aliphatic heterocycles. The highest BCUT2D eigenvalue weighted by molar-refractivity contribution is 7.99. The van der Waals surface area contributed by atoms with E-state index in [0.29, 0.717) is 17.7 Å². The maximum atomic E-state index is 14.6. The summed E-state index contributed by atoms with van der Waals surface area (Å²) in [5.74, 6) is -0.635. The molecule has 3 aromatic rings. The van der Waals surface area contributed by atoms with E-state index in [1.165, 1.54) is 34.9 Å². The number of benzene rings is 3. The lowest BCUT2D eigenvalue weighted by molar-refractivity contribution is -0.139. The molecule has 0 aromatic heterocycles. The predicted octanol–water partition coefficient (Wildman–Crippen LogP) is 5.75. The molecule has 7 heteroatoms. The summed E-state index contributed by atoms with van der Waals surface area (Å²) < 4.78 is 27.8. The Morgan fingerprint density at radius 2 is 1.58 bits per heavy atom. The molecule has 36 heavy (non-hydrogen) atoms. The summed E-state index contributed by atoms with van der Waals surface area (Å²) in [7, 11) is 0. The SMILES string of the molecule is CC[C@H](C)NC(=O)[C@H](Cc1ccccc1)N(Cc1ccccc1F)C(=O)CSCc1ccc(F)cc1. The van der Waals surface area contributed by atoms with Gasteiger partial charge in [-0.3, -0.25) is 9.59 Å². The van der Waals surface area contributed by atoms with E-state index in [1.54, 1.807) is 30.3 Å². The molecule has 0 aliphatic carbocycles. The smallest absolute Gasteiger partial charge is 0.243 e. The first-order valence-corrected chi connectivity index (χ1v) is 13.2. The molecule has 0 fully saturated rings. The highest BCUT2D eigenvalue weighted by Crippen LogP contribution is 2.20. The molecule has 0 aliphatic rings. The highest BCUT2D eigenvalue weighted by atomic mass is 32.2. The Labute approximate surface area is 216 Å². The van der Waals surface area contributed by atoms with Gasteiger partial charge in [0.05, 0.1) is 5.75 Å². The zero-order valence-corrected chi connectivity index (χ0v) is 21.4. The van der Waals surface area contributed by atoms with E-state index >= 15 is 0 Å². The largest absolute Gasteiger partial charge is 0.352 e. The third kappa shape index (κ3) is 8.19. The Hall–Kier alpha value is -3.19. The summed E-state index contributed by atoms with van der Waals surface area (Å²) in [6.45, 7) is 3.87. The average Bonchev–Trinajstić information content (AvgIpc) is 2.88. The van der Waals surface area contributed by atoms with Crippen molar-refractivity contribution in [1.29, 1.82) is 0 Å². The molecule has 2 atom stereocenters. The van der Waals surface area contributed by atoms with Gasteiger partial charge in [0, 0.05) is 30.3 Å². The standard InChI is InChI=1S/C29H32F2N2O2S/c1-3-21(2)32-29(35)27(17-22-9-5-4-6-10-22)33(18-24-11-7-8-12-26(24)31)28(34)20-36-19-23-13-15-25(30)16-14-23/h4-16,21,27H,3,17-20H2,1-2H3,(H,32,35)/t21-,27-/m0/s1. The van der Waals surface area contributed by atoms with Gasteiger partial charge < -0.3 is 10.2 Å². The normalized spacial score (nSPS) is 12.6. The first-order valence-electron chi connectivity index (χ1n) is 12.1. The van der Waals surface area contributed by atoms with E-state index < -0.39 is 11.9 Å². The van der Waals surface area contributed by atoms with E-state index in [2.05, 4.69) is 5.32 Å². The fourth-order valence-corrected chi connectivity index (χ4v) is 4.60. The number of nitrogens with one attached hydrogen (secondary N) is 1. The van der Waals surface area contributed by atoms with Crippen molar-refractivity contribution < 1.29 is 18.4 Å². The molecule has 0 bridgehead atoms. The topological polar surface area (TPSA) is 49.4 Å². The number of thioether (sulfide) groups is 1. The van der Waals surface area contributed by atoms with Crippen molar-refractivity contribution in [1.82, 2.24) is 10.2 Å². The zero-order chi connectivity index (χ0) is 25.9. The molecule has 0 spiro atoms. The van der Waals surface area contributed by atoms with Crippen LogP contribution in [-0.4, -0.2) is 34.6 Å².